The van der Waals surface area contributed by atoms with Gasteiger partial charge in [-0.3, -0.25) is 0 Å². The molecule has 3 atom stereocenters. The molecule has 0 aromatic heterocycles. The van der Waals surface area contributed by atoms with Crippen LogP contribution in [0, 0.1) is 0 Å². The van der Waals surface area contributed by atoms with Crippen molar-refractivity contribution >= 4 is 0 Å². The minimum Gasteiger partial charge on any atom is -0.497 e. The Hall–Kier alpha value is -1.10. The van der Waals surface area contributed by atoms with Gasteiger partial charge in [0.05, 0.1) is 25.9 Å². The fourth-order valence-corrected chi connectivity index (χ4v) is 2.62. The molecular formula is C16H24O4. The van der Waals surface area contributed by atoms with Crippen molar-refractivity contribution in [3.8, 4) is 5.75 Å². The van der Waals surface area contributed by atoms with Gasteiger partial charge >= 0.3 is 0 Å². The highest BCUT2D eigenvalue weighted by atomic mass is 16.5. The first-order valence-corrected chi connectivity index (χ1v) is 7.23. The first-order chi connectivity index (χ1) is 9.65. The minimum atomic E-state index is -0.599. The number of fused-ring (bicyclic) bond motifs is 1. The fourth-order valence-electron chi connectivity index (χ4n) is 2.62. The molecule has 1 aromatic rings. The van der Waals surface area contributed by atoms with Crippen LogP contribution in [0.15, 0.2) is 18.2 Å². The van der Waals surface area contributed by atoms with Gasteiger partial charge in [0.2, 0.25) is 0 Å². The van der Waals surface area contributed by atoms with Crippen LogP contribution >= 0.6 is 0 Å². The summed E-state index contributed by atoms with van der Waals surface area (Å²) in [6, 6.07) is 5.87. The maximum Gasteiger partial charge on any atom is 0.119 e. The van der Waals surface area contributed by atoms with E-state index >= 15 is 0 Å². The van der Waals surface area contributed by atoms with Crippen LogP contribution in [-0.4, -0.2) is 37.6 Å². The molecule has 0 radical (unpaired) electrons. The lowest BCUT2D eigenvalue weighted by Crippen LogP contribution is -2.32. The molecule has 4 heteroatoms. The van der Waals surface area contributed by atoms with Crippen molar-refractivity contribution < 1.29 is 19.3 Å². The molecule has 112 valence electrons. The van der Waals surface area contributed by atoms with Crippen LogP contribution in [0.1, 0.15) is 37.5 Å². The van der Waals surface area contributed by atoms with Crippen LogP contribution in [0.3, 0.4) is 0 Å². The highest BCUT2D eigenvalue weighted by Gasteiger charge is 2.30. The number of rotatable bonds is 6. The molecule has 2 rings (SSSR count). The Kier molecular flexibility index (Phi) is 5.40. The topological polar surface area (TPSA) is 47.9 Å². The van der Waals surface area contributed by atoms with Crippen molar-refractivity contribution in [3.05, 3.63) is 29.3 Å². The Morgan fingerprint density at radius 3 is 2.90 bits per heavy atom. The smallest absolute Gasteiger partial charge is 0.119 e. The van der Waals surface area contributed by atoms with E-state index in [-0.39, 0.29) is 12.2 Å². The molecule has 1 aliphatic carbocycles. The summed E-state index contributed by atoms with van der Waals surface area (Å²) in [5, 5.41) is 10.5. The van der Waals surface area contributed by atoms with E-state index in [1.165, 1.54) is 5.56 Å². The third-order valence-corrected chi connectivity index (χ3v) is 3.69. The normalized spacial score (nSPS) is 23.2. The Balaban J connectivity index is 2.04. The summed E-state index contributed by atoms with van der Waals surface area (Å²) in [6.07, 6.45) is 0.962. The summed E-state index contributed by atoms with van der Waals surface area (Å²) >= 11 is 0. The highest BCUT2D eigenvalue weighted by Crippen LogP contribution is 2.34. The number of aryl methyl sites for hydroxylation is 1. The largest absolute Gasteiger partial charge is 0.497 e. The van der Waals surface area contributed by atoms with Crippen molar-refractivity contribution in [2.45, 2.75) is 45.0 Å². The molecular weight excluding hydrogens is 256 g/mol. The third kappa shape index (κ3) is 3.51. The van der Waals surface area contributed by atoms with Crippen LogP contribution in [-0.2, 0) is 15.9 Å². The molecule has 1 aliphatic rings. The maximum absolute atomic E-state index is 10.5. The Bertz CT molecular complexity index is 432. The van der Waals surface area contributed by atoms with E-state index in [1.54, 1.807) is 7.11 Å². The molecule has 1 aromatic carbocycles. The monoisotopic (exact) mass is 280 g/mol. The zero-order valence-electron chi connectivity index (χ0n) is 12.5. The van der Waals surface area contributed by atoms with Crippen molar-refractivity contribution in [1.29, 1.82) is 0 Å². The fraction of sp³-hybridized carbons (Fsp3) is 0.625. The van der Waals surface area contributed by atoms with Crippen molar-refractivity contribution in [1.82, 2.24) is 0 Å². The van der Waals surface area contributed by atoms with Crippen LogP contribution < -0.4 is 4.74 Å². The first kappa shape index (κ1) is 15.3. The number of aliphatic hydroxyl groups excluding tert-OH is 1. The SMILES string of the molecule is CCOCC(C)OC1CCc2ccc(OC)cc2C1O. The van der Waals surface area contributed by atoms with E-state index in [1.807, 2.05) is 32.0 Å². The van der Waals surface area contributed by atoms with E-state index < -0.39 is 6.10 Å². The molecule has 20 heavy (non-hydrogen) atoms. The van der Waals surface area contributed by atoms with Crippen LogP contribution in [0.4, 0.5) is 0 Å². The van der Waals surface area contributed by atoms with Crippen LogP contribution in [0.25, 0.3) is 0 Å². The predicted molar refractivity (Wildman–Crippen MR) is 77.1 cm³/mol. The predicted octanol–water partition coefficient (Wildman–Crippen LogP) is 2.49. The van der Waals surface area contributed by atoms with Crippen molar-refractivity contribution in [2.24, 2.45) is 0 Å². The van der Waals surface area contributed by atoms with E-state index in [4.69, 9.17) is 14.2 Å². The highest BCUT2D eigenvalue weighted by molar-refractivity contribution is 5.39. The van der Waals surface area contributed by atoms with Gasteiger partial charge in [-0.25, -0.2) is 0 Å². The number of hydrogen-bond acceptors (Lipinski definition) is 4. The molecule has 0 bridgehead atoms. The summed E-state index contributed by atoms with van der Waals surface area (Å²) in [6.45, 7) is 5.18. The zero-order chi connectivity index (χ0) is 14.5. The average molecular weight is 280 g/mol. The minimum absolute atomic E-state index is 0.0123. The number of aliphatic hydroxyl groups is 1. The average Bonchev–Trinajstić information content (AvgIpc) is 2.47. The summed E-state index contributed by atoms with van der Waals surface area (Å²) in [4.78, 5) is 0. The summed E-state index contributed by atoms with van der Waals surface area (Å²) in [5.41, 5.74) is 2.10. The van der Waals surface area contributed by atoms with Gasteiger partial charge in [-0.1, -0.05) is 6.07 Å². The van der Waals surface area contributed by atoms with Crippen molar-refractivity contribution in [3.63, 3.8) is 0 Å². The molecule has 0 aliphatic heterocycles. The second-order valence-corrected chi connectivity index (χ2v) is 5.19. The number of methoxy groups -OCH3 is 1. The van der Waals surface area contributed by atoms with Gasteiger partial charge in [-0.05, 0) is 49.9 Å². The van der Waals surface area contributed by atoms with E-state index in [2.05, 4.69) is 0 Å². The van der Waals surface area contributed by atoms with E-state index in [9.17, 15) is 5.11 Å². The lowest BCUT2D eigenvalue weighted by atomic mass is 9.87. The van der Waals surface area contributed by atoms with Gasteiger partial charge in [-0.2, -0.15) is 0 Å². The molecule has 0 spiro atoms. The van der Waals surface area contributed by atoms with Gasteiger partial charge < -0.3 is 19.3 Å². The third-order valence-electron chi connectivity index (χ3n) is 3.69. The van der Waals surface area contributed by atoms with Gasteiger partial charge in [0.15, 0.2) is 0 Å². The Labute approximate surface area is 120 Å². The summed E-state index contributed by atoms with van der Waals surface area (Å²) in [5.74, 6) is 0.769. The number of hydrogen-bond donors (Lipinski definition) is 1. The van der Waals surface area contributed by atoms with Gasteiger partial charge in [-0.15, -0.1) is 0 Å². The van der Waals surface area contributed by atoms with Gasteiger partial charge in [0.25, 0.3) is 0 Å². The second kappa shape index (κ2) is 7.07. The van der Waals surface area contributed by atoms with Crippen LogP contribution in [0.5, 0.6) is 5.75 Å². The molecule has 1 N–H and O–H groups in total. The second-order valence-electron chi connectivity index (χ2n) is 5.19. The first-order valence-electron chi connectivity index (χ1n) is 7.23. The summed E-state index contributed by atoms with van der Waals surface area (Å²) in [7, 11) is 1.63. The quantitative estimate of drug-likeness (QED) is 0.869. The van der Waals surface area contributed by atoms with E-state index in [0.717, 1.165) is 24.2 Å². The molecule has 0 fully saturated rings. The van der Waals surface area contributed by atoms with Gasteiger partial charge in [0.1, 0.15) is 11.9 Å². The molecule has 0 saturated heterocycles. The van der Waals surface area contributed by atoms with Crippen molar-refractivity contribution in [2.75, 3.05) is 20.3 Å². The molecule has 4 nitrogen and oxygen atoms in total. The van der Waals surface area contributed by atoms with Gasteiger partial charge in [0, 0.05) is 6.61 Å². The van der Waals surface area contributed by atoms with E-state index in [0.29, 0.717) is 13.2 Å². The summed E-state index contributed by atoms with van der Waals surface area (Å²) < 4.78 is 16.5. The standard InChI is InChI=1S/C16H24O4/c1-4-19-10-11(2)20-15-8-6-12-5-7-13(18-3)9-14(12)16(15)17/h5,7,9,11,15-17H,4,6,8,10H2,1-3H3. The zero-order valence-corrected chi connectivity index (χ0v) is 12.5. The lowest BCUT2D eigenvalue weighted by molar-refractivity contribution is -0.101. The maximum atomic E-state index is 10.5. The molecule has 0 saturated carbocycles. The number of ether oxygens (including phenoxy) is 3. The lowest BCUT2D eigenvalue weighted by Gasteiger charge is -2.32. The molecule has 3 unspecified atom stereocenters. The Morgan fingerprint density at radius 1 is 1.40 bits per heavy atom. The molecule has 0 amide bonds. The number of benzene rings is 1. The Morgan fingerprint density at radius 2 is 2.20 bits per heavy atom. The molecule has 0 heterocycles. The van der Waals surface area contributed by atoms with Crippen LogP contribution in [0.2, 0.25) is 0 Å².